The maximum Gasteiger partial charge on any atom is 0.357 e. The first kappa shape index (κ1) is 60.3. The minimum absolute atomic E-state index is 0.0556. The van der Waals surface area contributed by atoms with Crippen LogP contribution >= 0.6 is 43.5 Å². The van der Waals surface area contributed by atoms with Gasteiger partial charge in [-0.2, -0.15) is 13.2 Å². The molecule has 0 saturated heterocycles. The van der Waals surface area contributed by atoms with Gasteiger partial charge in [0.25, 0.3) is 0 Å². The van der Waals surface area contributed by atoms with Crippen LogP contribution in [0.1, 0.15) is 45.3 Å². The minimum atomic E-state index is -3.67. The number of aromatic nitrogens is 13. The number of carbonyl (C=O) groups is 3. The van der Waals surface area contributed by atoms with E-state index >= 15 is 0 Å². The van der Waals surface area contributed by atoms with E-state index in [0.717, 1.165) is 29.5 Å². The van der Waals surface area contributed by atoms with Gasteiger partial charge in [0.2, 0.25) is 47.9 Å². The Bertz CT molecular complexity index is 3590. The van der Waals surface area contributed by atoms with Gasteiger partial charge < -0.3 is 14.9 Å². The molecular weight excluding hydrogens is 1220 g/mol. The molecular formula is C38H38Br2ClF3N16O12S3. The van der Waals surface area contributed by atoms with Crippen LogP contribution in [0.15, 0.2) is 63.9 Å². The van der Waals surface area contributed by atoms with E-state index in [1.165, 1.54) is 60.0 Å². The van der Waals surface area contributed by atoms with Crippen molar-refractivity contribution in [3.8, 4) is 22.8 Å². The lowest BCUT2D eigenvalue weighted by Crippen LogP contribution is -2.15. The van der Waals surface area contributed by atoms with Crippen molar-refractivity contribution >= 4 is 109 Å². The smallest absolute Gasteiger partial charge is 0.357 e. The molecule has 0 radical (unpaired) electrons. The number of ether oxygens (including phenoxy) is 1. The van der Waals surface area contributed by atoms with Crippen LogP contribution in [0.2, 0.25) is 5.15 Å². The third kappa shape index (κ3) is 18.0. The molecule has 402 valence electrons. The molecule has 0 spiro atoms. The summed E-state index contributed by atoms with van der Waals surface area (Å²) in [5, 5.41) is 39.7. The van der Waals surface area contributed by atoms with Crippen molar-refractivity contribution in [1.82, 2.24) is 64.9 Å². The first-order chi connectivity index (χ1) is 34.7. The third-order valence-electron chi connectivity index (χ3n) is 8.69. The van der Waals surface area contributed by atoms with Gasteiger partial charge in [-0.15, -0.1) is 15.3 Å². The fourth-order valence-electron chi connectivity index (χ4n) is 5.61. The maximum absolute atomic E-state index is 14.3. The second-order valence-corrected chi connectivity index (χ2v) is 21.9. The Morgan fingerprint density at radius 3 is 1.53 bits per heavy atom. The molecule has 0 fully saturated rings. The molecule has 0 amide bonds. The molecule has 75 heavy (non-hydrogen) atoms. The molecule has 7 aromatic rings. The lowest BCUT2D eigenvalue weighted by Gasteiger charge is -2.14. The number of carbonyl (C=O) groups excluding carboxylic acids is 1. The van der Waals surface area contributed by atoms with Crippen LogP contribution in [0.3, 0.4) is 0 Å². The van der Waals surface area contributed by atoms with Gasteiger partial charge in [0.15, 0.2) is 16.0 Å². The molecule has 0 saturated carbocycles. The lowest BCUT2D eigenvalue weighted by atomic mass is 10.1. The molecule has 0 aliphatic carbocycles. The number of aryl methyl sites for hydroxylation is 3. The number of rotatable bonds is 14. The zero-order valence-corrected chi connectivity index (χ0v) is 45.6. The monoisotopic (exact) mass is 1260 g/mol. The fraction of sp³-hybridized carbons (Fsp3) is 0.237. The van der Waals surface area contributed by atoms with Gasteiger partial charge in [0.05, 0.1) is 42.3 Å². The molecule has 0 aliphatic heterocycles. The summed E-state index contributed by atoms with van der Waals surface area (Å²) in [7, 11) is -6.33. The number of carboxylic acids is 2. The van der Waals surface area contributed by atoms with Crippen molar-refractivity contribution in [3.05, 3.63) is 110 Å². The molecule has 5 N–H and O–H groups in total. The summed E-state index contributed by atoms with van der Waals surface area (Å²) in [6, 6.07) is 11.0. The Hall–Kier alpha value is -7.28. The average molecular weight is 1260 g/mol. The third-order valence-corrected chi connectivity index (χ3v) is 11.8. The van der Waals surface area contributed by atoms with E-state index in [9.17, 15) is 52.8 Å². The van der Waals surface area contributed by atoms with Crippen molar-refractivity contribution in [2.24, 2.45) is 21.1 Å². The number of anilines is 3. The number of carboxylic acid groups (broad SMARTS) is 2. The van der Waals surface area contributed by atoms with Gasteiger partial charge in [0, 0.05) is 32.9 Å². The van der Waals surface area contributed by atoms with Crippen molar-refractivity contribution in [2.75, 3.05) is 32.9 Å². The molecule has 0 aliphatic rings. The Labute approximate surface area is 444 Å². The number of pyridine rings is 4. The summed E-state index contributed by atoms with van der Waals surface area (Å²) >= 11 is 11.9. The molecule has 7 heterocycles. The van der Waals surface area contributed by atoms with E-state index in [1.54, 1.807) is 26.1 Å². The van der Waals surface area contributed by atoms with E-state index in [-0.39, 0.29) is 67.4 Å². The molecule has 1 atom stereocenters. The van der Waals surface area contributed by atoms with Gasteiger partial charge >= 0.3 is 17.9 Å². The average Bonchev–Trinajstić information content (AvgIpc) is 3.97. The molecule has 7 rings (SSSR count). The predicted molar refractivity (Wildman–Crippen MR) is 266 cm³/mol. The highest BCUT2D eigenvalue weighted by Gasteiger charge is 2.24. The predicted octanol–water partition coefficient (Wildman–Crippen LogP) is 4.00. The second-order valence-electron chi connectivity index (χ2n) is 14.7. The topological polar surface area (TPSA) is 383 Å². The Balaban J connectivity index is 0.000000237. The van der Waals surface area contributed by atoms with Crippen LogP contribution in [0, 0.1) is 17.8 Å². The summed E-state index contributed by atoms with van der Waals surface area (Å²) in [5.74, 6) is -5.92. The molecule has 28 nitrogen and oxygen atoms in total. The number of halogens is 6. The number of hydrogen-bond acceptors (Lipinski definition) is 20. The first-order valence-corrected chi connectivity index (χ1v) is 27.6. The van der Waals surface area contributed by atoms with E-state index in [4.69, 9.17) is 26.6 Å². The van der Waals surface area contributed by atoms with Crippen LogP contribution in [0.4, 0.5) is 30.2 Å². The van der Waals surface area contributed by atoms with Crippen LogP contribution in [-0.4, -0.2) is 137 Å². The Kier molecular flexibility index (Phi) is 20.3. The van der Waals surface area contributed by atoms with Crippen LogP contribution in [-0.2, 0) is 67.2 Å². The second kappa shape index (κ2) is 25.3. The molecule has 0 unspecified atom stereocenters. The van der Waals surface area contributed by atoms with Crippen LogP contribution in [0.5, 0.6) is 0 Å². The van der Waals surface area contributed by atoms with E-state index in [1.807, 2.05) is 14.2 Å². The van der Waals surface area contributed by atoms with Gasteiger partial charge in [0.1, 0.15) is 44.3 Å². The quantitative estimate of drug-likeness (QED) is 0.0758. The molecule has 0 bridgehead atoms. The van der Waals surface area contributed by atoms with Gasteiger partial charge in [-0.3, -0.25) is 23.6 Å². The first-order valence-electron chi connectivity index (χ1n) is 19.9. The Morgan fingerprint density at radius 2 is 1.11 bits per heavy atom. The van der Waals surface area contributed by atoms with Crippen molar-refractivity contribution in [2.45, 2.75) is 19.4 Å². The maximum atomic E-state index is 14.3. The lowest BCUT2D eigenvalue weighted by molar-refractivity contribution is -0.147. The van der Waals surface area contributed by atoms with Gasteiger partial charge in [-0.05, 0) is 81.2 Å². The summed E-state index contributed by atoms with van der Waals surface area (Å²) in [5.41, 5.74) is -0.0699. The number of nitrogens with one attached hydrogen (secondary N) is 3. The number of aromatic carboxylic acids is 2. The summed E-state index contributed by atoms with van der Waals surface area (Å²) in [4.78, 5) is 48.6. The van der Waals surface area contributed by atoms with Crippen molar-refractivity contribution in [1.29, 1.82) is 0 Å². The van der Waals surface area contributed by atoms with E-state index in [0.29, 0.717) is 15.9 Å². The standard InChI is InChI=1S/C18H18ClFN6O4S.C10H10FN5O4S.C6H6BrFN2O2S.C4H4BrN3O2/c1-10(11-5-4-8-21-17(11)19)30-15(27)9-14-16(23-25-26(14)2)12-6-7-13(18(20)22-12)24-31(3,28)29;1-16-8(10(17)18)7(13-15-16)5-3-4-6(9(11)12-5)14-21(2,19)20;1-13(11,12)10-4-2-3-5(7)9-6(4)8;1-8-2(4(9)10)3(5)6-7-8/h4-8,10,24H,9H2,1-3H3;3-4,14H,1-2H3,(H,17,18);2-3,10H,1H3;1H3,(H,9,10)/t10-;;;/m1.../s1. The number of hydrogen-bond donors (Lipinski definition) is 5. The van der Waals surface area contributed by atoms with Crippen LogP contribution in [0.25, 0.3) is 22.8 Å². The fourth-order valence-corrected chi connectivity index (χ4v) is 8.33. The van der Waals surface area contributed by atoms with Gasteiger partial charge in [-0.1, -0.05) is 33.3 Å². The normalized spacial score (nSPS) is 11.6. The van der Waals surface area contributed by atoms with Crippen molar-refractivity contribution in [3.63, 3.8) is 0 Å². The van der Waals surface area contributed by atoms with E-state index in [2.05, 4.69) is 82.7 Å². The molecule has 0 aromatic carbocycles. The van der Waals surface area contributed by atoms with Crippen molar-refractivity contribution < 1.29 is 67.8 Å². The minimum Gasteiger partial charge on any atom is -0.476 e. The highest BCUT2D eigenvalue weighted by Crippen LogP contribution is 2.27. The largest absolute Gasteiger partial charge is 0.476 e. The molecule has 7 aromatic heterocycles. The number of esters is 1. The number of nitrogens with zero attached hydrogens (tertiary/aromatic N) is 13. The van der Waals surface area contributed by atoms with Crippen LogP contribution < -0.4 is 14.2 Å². The zero-order chi connectivity index (χ0) is 56.3. The highest BCUT2D eigenvalue weighted by atomic mass is 79.9. The van der Waals surface area contributed by atoms with E-state index < -0.39 is 71.9 Å². The molecule has 37 heteroatoms. The zero-order valence-electron chi connectivity index (χ0n) is 39.3. The SMILES string of the molecule is CS(=O)(=O)Nc1ccc(Br)nc1F.C[C@@H](OC(=O)Cc1c(-c2ccc(NS(C)(=O)=O)c(F)n2)nnn1C)c1cccnc1Cl.Cn1nnc(-c2ccc(NS(C)(=O)=O)c(F)n2)c1C(=O)O.Cn1nnc(Br)c1C(=O)O. The highest BCUT2D eigenvalue weighted by molar-refractivity contribution is 9.10. The Morgan fingerprint density at radius 1 is 0.667 bits per heavy atom. The number of sulfonamides is 3. The van der Waals surface area contributed by atoms with Gasteiger partial charge in [-0.25, -0.2) is 64.1 Å². The summed E-state index contributed by atoms with van der Waals surface area (Å²) in [6.07, 6.45) is 3.37. The summed E-state index contributed by atoms with van der Waals surface area (Å²) in [6.45, 7) is 1.66. The summed E-state index contributed by atoms with van der Waals surface area (Å²) < 4.78 is 123.